The van der Waals surface area contributed by atoms with Crippen molar-refractivity contribution in [2.24, 2.45) is 5.41 Å². The van der Waals surface area contributed by atoms with Gasteiger partial charge in [-0.05, 0) is 36.8 Å². The van der Waals surface area contributed by atoms with Gasteiger partial charge in [-0.3, -0.25) is 4.79 Å². The van der Waals surface area contributed by atoms with Crippen LogP contribution in [-0.4, -0.2) is 5.91 Å². The van der Waals surface area contributed by atoms with Crippen molar-refractivity contribution in [2.45, 2.75) is 34.2 Å². The van der Waals surface area contributed by atoms with E-state index in [2.05, 4.69) is 41.8 Å². The molecule has 2 rings (SSSR count). The highest BCUT2D eigenvalue weighted by atomic mass is 16.2. The molecule has 0 saturated carbocycles. The zero-order chi connectivity index (χ0) is 16.2. The Morgan fingerprint density at radius 1 is 1.00 bits per heavy atom. The van der Waals surface area contributed by atoms with Gasteiger partial charge in [0.15, 0.2) is 0 Å². The summed E-state index contributed by atoms with van der Waals surface area (Å²) in [5.41, 5.74) is 3.99. The average Bonchev–Trinajstić information content (AvgIpc) is 2.45. The van der Waals surface area contributed by atoms with E-state index in [4.69, 9.17) is 0 Å². The number of hydrogen-bond donors (Lipinski definition) is 2. The molecule has 0 saturated heterocycles. The van der Waals surface area contributed by atoms with Crippen molar-refractivity contribution in [3.8, 4) is 0 Å². The van der Waals surface area contributed by atoms with Crippen LogP contribution in [0.25, 0.3) is 0 Å². The standard InChI is InChI=1S/C19H24N2O/c1-14-6-5-7-15(12-14)13-20-16-8-10-17(11-9-16)21-18(22)19(2,3)4/h5-12,20H,13H2,1-4H3,(H,21,22). The first-order chi connectivity index (χ1) is 10.3. The van der Waals surface area contributed by atoms with Crippen molar-refractivity contribution < 1.29 is 4.79 Å². The largest absolute Gasteiger partial charge is 0.381 e. The number of aryl methyl sites for hydroxylation is 1. The van der Waals surface area contributed by atoms with Crippen LogP contribution in [0.15, 0.2) is 48.5 Å². The summed E-state index contributed by atoms with van der Waals surface area (Å²) in [6, 6.07) is 16.2. The van der Waals surface area contributed by atoms with Crippen molar-refractivity contribution in [1.82, 2.24) is 0 Å². The molecule has 3 heteroatoms. The SMILES string of the molecule is Cc1cccc(CNc2ccc(NC(=O)C(C)(C)C)cc2)c1. The molecular formula is C19H24N2O. The monoisotopic (exact) mass is 296 g/mol. The number of anilines is 2. The van der Waals surface area contributed by atoms with E-state index in [-0.39, 0.29) is 11.3 Å². The van der Waals surface area contributed by atoms with E-state index in [1.807, 2.05) is 45.0 Å². The summed E-state index contributed by atoms with van der Waals surface area (Å²) >= 11 is 0. The molecule has 0 fully saturated rings. The molecular weight excluding hydrogens is 272 g/mol. The molecule has 0 heterocycles. The van der Waals surface area contributed by atoms with Crippen LogP contribution in [0.4, 0.5) is 11.4 Å². The highest BCUT2D eigenvalue weighted by molar-refractivity contribution is 5.94. The van der Waals surface area contributed by atoms with Gasteiger partial charge < -0.3 is 10.6 Å². The summed E-state index contributed by atoms with van der Waals surface area (Å²) in [6.07, 6.45) is 0. The summed E-state index contributed by atoms with van der Waals surface area (Å²) in [7, 11) is 0. The lowest BCUT2D eigenvalue weighted by molar-refractivity contribution is -0.123. The van der Waals surface area contributed by atoms with Crippen LogP contribution in [0.5, 0.6) is 0 Å². The number of nitrogens with one attached hydrogen (secondary N) is 2. The molecule has 0 aliphatic rings. The van der Waals surface area contributed by atoms with Crippen LogP contribution >= 0.6 is 0 Å². The van der Waals surface area contributed by atoms with E-state index in [0.717, 1.165) is 17.9 Å². The Labute approximate surface area is 132 Å². The highest BCUT2D eigenvalue weighted by Gasteiger charge is 2.20. The fourth-order valence-corrected chi connectivity index (χ4v) is 2.02. The van der Waals surface area contributed by atoms with Crippen molar-refractivity contribution in [3.05, 3.63) is 59.7 Å². The third-order valence-electron chi connectivity index (χ3n) is 3.40. The predicted molar refractivity (Wildman–Crippen MR) is 93.0 cm³/mol. The Morgan fingerprint density at radius 3 is 2.23 bits per heavy atom. The van der Waals surface area contributed by atoms with Gasteiger partial charge in [-0.2, -0.15) is 0 Å². The van der Waals surface area contributed by atoms with Crippen LogP contribution < -0.4 is 10.6 Å². The van der Waals surface area contributed by atoms with Crippen molar-refractivity contribution >= 4 is 17.3 Å². The highest BCUT2D eigenvalue weighted by Crippen LogP contribution is 2.19. The molecule has 0 radical (unpaired) electrons. The van der Waals surface area contributed by atoms with E-state index in [0.29, 0.717) is 0 Å². The minimum Gasteiger partial charge on any atom is -0.381 e. The molecule has 0 atom stereocenters. The summed E-state index contributed by atoms with van der Waals surface area (Å²) < 4.78 is 0. The van der Waals surface area contributed by atoms with Crippen LogP contribution in [0.3, 0.4) is 0 Å². The molecule has 22 heavy (non-hydrogen) atoms. The summed E-state index contributed by atoms with van der Waals surface area (Å²) in [6.45, 7) is 8.59. The zero-order valence-corrected chi connectivity index (χ0v) is 13.7. The molecule has 0 spiro atoms. The molecule has 2 aromatic rings. The number of rotatable bonds is 4. The molecule has 0 unspecified atom stereocenters. The normalized spacial score (nSPS) is 11.1. The van der Waals surface area contributed by atoms with Crippen LogP contribution in [0, 0.1) is 12.3 Å². The second-order valence-corrected chi connectivity index (χ2v) is 6.62. The van der Waals surface area contributed by atoms with Gasteiger partial charge in [0.05, 0.1) is 0 Å². The fraction of sp³-hybridized carbons (Fsp3) is 0.316. The van der Waals surface area contributed by atoms with E-state index >= 15 is 0 Å². The number of carbonyl (C=O) groups excluding carboxylic acids is 1. The van der Waals surface area contributed by atoms with Gasteiger partial charge >= 0.3 is 0 Å². The Kier molecular flexibility index (Phi) is 4.86. The lowest BCUT2D eigenvalue weighted by Crippen LogP contribution is -2.27. The number of benzene rings is 2. The first-order valence-corrected chi connectivity index (χ1v) is 7.55. The minimum atomic E-state index is -0.387. The van der Waals surface area contributed by atoms with E-state index < -0.39 is 0 Å². The average molecular weight is 296 g/mol. The third kappa shape index (κ3) is 4.62. The van der Waals surface area contributed by atoms with Crippen molar-refractivity contribution in [1.29, 1.82) is 0 Å². The summed E-state index contributed by atoms with van der Waals surface area (Å²) in [4.78, 5) is 11.9. The van der Waals surface area contributed by atoms with Crippen LogP contribution in [0.2, 0.25) is 0 Å². The van der Waals surface area contributed by atoms with Gasteiger partial charge in [0, 0.05) is 23.3 Å². The molecule has 3 nitrogen and oxygen atoms in total. The Hall–Kier alpha value is -2.29. The van der Waals surface area contributed by atoms with Crippen molar-refractivity contribution in [2.75, 3.05) is 10.6 Å². The summed E-state index contributed by atoms with van der Waals surface area (Å²) in [5, 5.41) is 6.31. The van der Waals surface area contributed by atoms with E-state index in [9.17, 15) is 4.79 Å². The molecule has 0 bridgehead atoms. The van der Waals surface area contributed by atoms with E-state index in [1.54, 1.807) is 0 Å². The van der Waals surface area contributed by atoms with E-state index in [1.165, 1.54) is 11.1 Å². The molecule has 0 aromatic heterocycles. The maximum atomic E-state index is 11.9. The van der Waals surface area contributed by atoms with Crippen LogP contribution in [-0.2, 0) is 11.3 Å². The number of carbonyl (C=O) groups is 1. The van der Waals surface area contributed by atoms with Gasteiger partial charge in [0.25, 0.3) is 0 Å². The predicted octanol–water partition coefficient (Wildman–Crippen LogP) is 4.59. The van der Waals surface area contributed by atoms with Gasteiger partial charge in [-0.25, -0.2) is 0 Å². The molecule has 2 aromatic carbocycles. The second kappa shape index (κ2) is 6.65. The van der Waals surface area contributed by atoms with Crippen LogP contribution in [0.1, 0.15) is 31.9 Å². The molecule has 0 aliphatic carbocycles. The molecule has 2 N–H and O–H groups in total. The van der Waals surface area contributed by atoms with Crippen molar-refractivity contribution in [3.63, 3.8) is 0 Å². The summed E-state index contributed by atoms with van der Waals surface area (Å²) in [5.74, 6) is 0.0213. The fourth-order valence-electron chi connectivity index (χ4n) is 2.02. The van der Waals surface area contributed by atoms with Gasteiger partial charge in [-0.1, -0.05) is 50.6 Å². The quantitative estimate of drug-likeness (QED) is 0.866. The number of amides is 1. The first kappa shape index (κ1) is 16.1. The second-order valence-electron chi connectivity index (χ2n) is 6.62. The minimum absolute atomic E-state index is 0.0213. The molecule has 116 valence electrons. The molecule has 0 aliphatic heterocycles. The number of hydrogen-bond acceptors (Lipinski definition) is 2. The maximum absolute atomic E-state index is 11.9. The molecule has 1 amide bonds. The first-order valence-electron chi connectivity index (χ1n) is 7.55. The van der Waals surface area contributed by atoms with Gasteiger partial charge in [-0.15, -0.1) is 0 Å². The Morgan fingerprint density at radius 2 is 1.64 bits per heavy atom. The Balaban J connectivity index is 1.93. The van der Waals surface area contributed by atoms with Gasteiger partial charge in [0.1, 0.15) is 0 Å². The topological polar surface area (TPSA) is 41.1 Å². The lowest BCUT2D eigenvalue weighted by atomic mass is 9.95. The lowest BCUT2D eigenvalue weighted by Gasteiger charge is -2.17. The Bertz CT molecular complexity index is 639. The smallest absolute Gasteiger partial charge is 0.229 e. The maximum Gasteiger partial charge on any atom is 0.229 e. The zero-order valence-electron chi connectivity index (χ0n) is 13.7. The third-order valence-corrected chi connectivity index (χ3v) is 3.40. The van der Waals surface area contributed by atoms with Gasteiger partial charge in [0.2, 0.25) is 5.91 Å².